The van der Waals surface area contributed by atoms with Gasteiger partial charge < -0.3 is 10.6 Å². The second kappa shape index (κ2) is 8.04. The number of carbonyl (C=O) groups excluding carboxylic acids is 1. The second-order valence-corrected chi connectivity index (χ2v) is 4.78. The molecule has 1 heterocycles. The van der Waals surface area contributed by atoms with Crippen LogP contribution in [-0.4, -0.2) is 34.0 Å². The van der Waals surface area contributed by atoms with Gasteiger partial charge in [0.05, 0.1) is 6.20 Å². The molecule has 2 aromatic rings. The lowest BCUT2D eigenvalue weighted by atomic mass is 10.2. The van der Waals surface area contributed by atoms with E-state index < -0.39 is 0 Å². The molecule has 21 heavy (non-hydrogen) atoms. The molecule has 6 nitrogen and oxygen atoms in total. The van der Waals surface area contributed by atoms with Crippen LogP contribution in [0.25, 0.3) is 0 Å². The van der Waals surface area contributed by atoms with Gasteiger partial charge in [-0.3, -0.25) is 9.48 Å². The van der Waals surface area contributed by atoms with Crippen molar-refractivity contribution in [2.24, 2.45) is 0 Å². The van der Waals surface area contributed by atoms with Gasteiger partial charge in [0.1, 0.15) is 0 Å². The van der Waals surface area contributed by atoms with Crippen molar-refractivity contribution in [2.45, 2.75) is 26.3 Å². The van der Waals surface area contributed by atoms with Crippen LogP contribution < -0.4 is 10.6 Å². The maximum atomic E-state index is 12.0. The van der Waals surface area contributed by atoms with Crippen molar-refractivity contribution in [3.05, 3.63) is 42.2 Å². The van der Waals surface area contributed by atoms with Crippen molar-refractivity contribution >= 4 is 11.6 Å². The van der Waals surface area contributed by atoms with Crippen molar-refractivity contribution in [3.8, 4) is 0 Å². The van der Waals surface area contributed by atoms with E-state index in [1.165, 1.54) is 0 Å². The third kappa shape index (κ3) is 4.91. The molecule has 0 saturated heterocycles. The Bertz CT molecular complexity index is 536. The summed E-state index contributed by atoms with van der Waals surface area (Å²) in [7, 11) is 0. The number of amides is 1. The van der Waals surface area contributed by atoms with Gasteiger partial charge in [0, 0.05) is 37.1 Å². The number of aryl methyl sites for hydroxylation is 1. The number of hydrogen-bond acceptors (Lipinski definition) is 4. The van der Waals surface area contributed by atoms with Gasteiger partial charge in [0.15, 0.2) is 0 Å². The van der Waals surface area contributed by atoms with Crippen LogP contribution in [-0.2, 0) is 6.54 Å². The van der Waals surface area contributed by atoms with Crippen molar-refractivity contribution in [1.82, 2.24) is 20.3 Å². The van der Waals surface area contributed by atoms with E-state index in [4.69, 9.17) is 0 Å². The van der Waals surface area contributed by atoms with E-state index in [0.29, 0.717) is 12.1 Å². The number of anilines is 1. The van der Waals surface area contributed by atoms with Gasteiger partial charge in [-0.05, 0) is 37.1 Å². The highest BCUT2D eigenvalue weighted by Gasteiger charge is 2.04. The number of rotatable bonds is 8. The summed E-state index contributed by atoms with van der Waals surface area (Å²) in [5, 5.41) is 13.8. The first-order valence-corrected chi connectivity index (χ1v) is 7.26. The second-order valence-electron chi connectivity index (χ2n) is 4.78. The van der Waals surface area contributed by atoms with Gasteiger partial charge in [0.25, 0.3) is 5.91 Å². The minimum absolute atomic E-state index is 0.0457. The van der Waals surface area contributed by atoms with E-state index in [0.717, 1.165) is 31.6 Å². The van der Waals surface area contributed by atoms with Crippen molar-refractivity contribution in [1.29, 1.82) is 0 Å². The summed E-state index contributed by atoms with van der Waals surface area (Å²) in [5.41, 5.74) is 1.72. The Balaban J connectivity index is 1.72. The van der Waals surface area contributed by atoms with Crippen LogP contribution in [0.2, 0.25) is 0 Å². The molecule has 2 rings (SSSR count). The molecule has 1 aromatic carbocycles. The monoisotopic (exact) mass is 287 g/mol. The number of hydrogen-bond donors (Lipinski definition) is 2. The molecule has 1 aromatic heterocycles. The highest BCUT2D eigenvalue weighted by atomic mass is 16.1. The molecule has 0 aliphatic rings. The van der Waals surface area contributed by atoms with Gasteiger partial charge in [-0.2, -0.15) is 0 Å². The summed E-state index contributed by atoms with van der Waals surface area (Å²) in [6.45, 7) is 4.43. The van der Waals surface area contributed by atoms with Crippen molar-refractivity contribution < 1.29 is 4.79 Å². The van der Waals surface area contributed by atoms with Gasteiger partial charge in [-0.15, -0.1) is 5.10 Å². The average molecular weight is 287 g/mol. The lowest BCUT2D eigenvalue weighted by Gasteiger charge is -2.07. The molecule has 0 unspecified atom stereocenters. The Labute approximate surface area is 124 Å². The molecule has 0 atom stereocenters. The Morgan fingerprint density at radius 2 is 2.05 bits per heavy atom. The molecule has 0 saturated carbocycles. The van der Waals surface area contributed by atoms with Crippen molar-refractivity contribution in [2.75, 3.05) is 18.4 Å². The molecule has 0 fully saturated rings. The molecular formula is C15H21N5O. The standard InChI is InChI=1S/C15H21N5O/c1-2-8-16-14-6-4-13(5-7-14)15(21)17-9-3-11-20-12-10-18-19-20/h4-7,10,12,16H,2-3,8-9,11H2,1H3,(H,17,21). The fourth-order valence-corrected chi connectivity index (χ4v) is 1.91. The molecule has 0 bridgehead atoms. The Morgan fingerprint density at radius 3 is 2.71 bits per heavy atom. The van der Waals surface area contributed by atoms with E-state index in [9.17, 15) is 4.79 Å². The van der Waals surface area contributed by atoms with Gasteiger partial charge in [-0.25, -0.2) is 0 Å². The molecule has 0 spiro atoms. The predicted molar refractivity (Wildman–Crippen MR) is 82.2 cm³/mol. The number of benzene rings is 1. The number of nitrogens with one attached hydrogen (secondary N) is 2. The van der Waals surface area contributed by atoms with E-state index in [1.54, 1.807) is 10.9 Å². The quantitative estimate of drug-likeness (QED) is 0.728. The zero-order chi connectivity index (χ0) is 14.9. The summed E-state index contributed by atoms with van der Waals surface area (Å²) >= 11 is 0. The van der Waals surface area contributed by atoms with Crippen LogP contribution in [0.4, 0.5) is 5.69 Å². The van der Waals surface area contributed by atoms with Crippen LogP contribution in [0.3, 0.4) is 0 Å². The largest absolute Gasteiger partial charge is 0.385 e. The Kier molecular flexibility index (Phi) is 5.75. The molecule has 0 radical (unpaired) electrons. The lowest BCUT2D eigenvalue weighted by Crippen LogP contribution is -2.25. The number of carbonyl (C=O) groups is 1. The fourth-order valence-electron chi connectivity index (χ4n) is 1.91. The Hall–Kier alpha value is -2.37. The normalized spacial score (nSPS) is 10.3. The summed E-state index contributed by atoms with van der Waals surface area (Å²) in [5.74, 6) is -0.0457. The van der Waals surface area contributed by atoms with Crippen LogP contribution in [0, 0.1) is 0 Å². The van der Waals surface area contributed by atoms with E-state index in [-0.39, 0.29) is 5.91 Å². The molecule has 2 N–H and O–H groups in total. The summed E-state index contributed by atoms with van der Waals surface area (Å²) < 4.78 is 1.75. The minimum atomic E-state index is -0.0457. The van der Waals surface area contributed by atoms with Crippen LogP contribution in [0.15, 0.2) is 36.7 Å². The fraction of sp³-hybridized carbons (Fsp3) is 0.400. The number of aromatic nitrogens is 3. The molecule has 1 amide bonds. The molecular weight excluding hydrogens is 266 g/mol. The lowest BCUT2D eigenvalue weighted by molar-refractivity contribution is 0.0952. The molecule has 6 heteroatoms. The van der Waals surface area contributed by atoms with Gasteiger partial charge in [0.2, 0.25) is 0 Å². The first-order chi connectivity index (χ1) is 10.3. The maximum Gasteiger partial charge on any atom is 0.251 e. The predicted octanol–water partition coefficient (Wildman–Crippen LogP) is 1.92. The van der Waals surface area contributed by atoms with E-state index in [2.05, 4.69) is 27.9 Å². The third-order valence-corrected chi connectivity index (χ3v) is 3.05. The topological polar surface area (TPSA) is 71.8 Å². The van der Waals surface area contributed by atoms with Crippen LogP contribution in [0.5, 0.6) is 0 Å². The molecule has 112 valence electrons. The summed E-state index contributed by atoms with van der Waals surface area (Å²) in [4.78, 5) is 12.0. The highest BCUT2D eigenvalue weighted by molar-refractivity contribution is 5.94. The zero-order valence-corrected chi connectivity index (χ0v) is 12.2. The van der Waals surface area contributed by atoms with Gasteiger partial charge in [-0.1, -0.05) is 12.1 Å². The summed E-state index contributed by atoms with van der Waals surface area (Å²) in [6, 6.07) is 7.54. The smallest absolute Gasteiger partial charge is 0.251 e. The third-order valence-electron chi connectivity index (χ3n) is 3.05. The van der Waals surface area contributed by atoms with E-state index in [1.807, 2.05) is 30.5 Å². The van der Waals surface area contributed by atoms with E-state index >= 15 is 0 Å². The maximum absolute atomic E-state index is 12.0. The SMILES string of the molecule is CCCNc1ccc(C(=O)NCCCn2ccnn2)cc1. The molecule has 0 aliphatic heterocycles. The Morgan fingerprint density at radius 1 is 1.24 bits per heavy atom. The number of nitrogens with zero attached hydrogens (tertiary/aromatic N) is 3. The average Bonchev–Trinajstić information content (AvgIpc) is 3.03. The first-order valence-electron chi connectivity index (χ1n) is 7.26. The van der Waals surface area contributed by atoms with Gasteiger partial charge >= 0.3 is 0 Å². The minimum Gasteiger partial charge on any atom is -0.385 e. The first kappa shape index (κ1) is 15.0. The zero-order valence-electron chi connectivity index (χ0n) is 12.2. The van der Waals surface area contributed by atoms with Crippen LogP contribution in [0.1, 0.15) is 30.1 Å². The summed E-state index contributed by atoms with van der Waals surface area (Å²) in [6.07, 6.45) is 5.36. The highest BCUT2D eigenvalue weighted by Crippen LogP contribution is 2.09. The molecule has 0 aliphatic carbocycles. The van der Waals surface area contributed by atoms with Crippen LogP contribution >= 0.6 is 0 Å². The van der Waals surface area contributed by atoms with Crippen molar-refractivity contribution in [3.63, 3.8) is 0 Å².